The summed E-state index contributed by atoms with van der Waals surface area (Å²) in [6.45, 7) is 4.22. The van der Waals surface area contributed by atoms with Crippen LogP contribution in [0.25, 0.3) is 0 Å². The molecule has 2 rings (SSSR count). The summed E-state index contributed by atoms with van der Waals surface area (Å²) in [7, 11) is 0. The van der Waals surface area contributed by atoms with Gasteiger partial charge in [-0.3, -0.25) is 4.79 Å². The van der Waals surface area contributed by atoms with Gasteiger partial charge in [0.15, 0.2) is 0 Å². The summed E-state index contributed by atoms with van der Waals surface area (Å²) in [6.07, 6.45) is 3.51. The zero-order chi connectivity index (χ0) is 15.5. The van der Waals surface area contributed by atoms with E-state index in [1.54, 1.807) is 6.92 Å². The van der Waals surface area contributed by atoms with Gasteiger partial charge in [0.1, 0.15) is 0 Å². The molecule has 0 aromatic heterocycles. The zero-order valence-electron chi connectivity index (χ0n) is 12.9. The summed E-state index contributed by atoms with van der Waals surface area (Å²) in [5.74, 6) is -0.0395. The molecule has 1 aliphatic rings. The molecule has 1 aliphatic carbocycles. The third kappa shape index (κ3) is 4.05. The first kappa shape index (κ1) is 16.0. The number of hydrogen-bond donors (Lipinski definition) is 3. The van der Waals surface area contributed by atoms with Gasteiger partial charge in [-0.25, -0.2) is 0 Å². The predicted octanol–water partition coefficient (Wildman–Crippen LogP) is 2.26. The molecule has 116 valence electrons. The fourth-order valence-electron chi connectivity index (χ4n) is 3.02. The smallest absolute Gasteiger partial charge is 0.225 e. The first-order valence-electron chi connectivity index (χ1n) is 7.73. The van der Waals surface area contributed by atoms with Crippen molar-refractivity contribution in [1.82, 2.24) is 5.32 Å². The van der Waals surface area contributed by atoms with Gasteiger partial charge in [0.25, 0.3) is 0 Å². The predicted molar refractivity (Wildman–Crippen MR) is 83.5 cm³/mol. The van der Waals surface area contributed by atoms with Gasteiger partial charge < -0.3 is 16.2 Å². The van der Waals surface area contributed by atoms with Crippen molar-refractivity contribution in [2.24, 2.45) is 11.7 Å². The molecule has 4 nitrogen and oxygen atoms in total. The molecule has 3 unspecified atom stereocenters. The second-order valence-corrected chi connectivity index (χ2v) is 6.44. The summed E-state index contributed by atoms with van der Waals surface area (Å²) in [5.41, 5.74) is 7.78. The molecule has 0 spiro atoms. The van der Waals surface area contributed by atoms with Gasteiger partial charge in [0.2, 0.25) is 5.91 Å². The Kier molecular flexibility index (Phi) is 5.01. The van der Waals surface area contributed by atoms with Gasteiger partial charge in [0.05, 0.1) is 12.0 Å². The van der Waals surface area contributed by atoms with Crippen LogP contribution in [0, 0.1) is 5.92 Å². The molecule has 1 fully saturated rings. The summed E-state index contributed by atoms with van der Waals surface area (Å²) in [5, 5.41) is 12.5. The van der Waals surface area contributed by atoms with Crippen molar-refractivity contribution in [2.75, 3.05) is 0 Å². The van der Waals surface area contributed by atoms with E-state index in [0.717, 1.165) is 36.8 Å². The highest BCUT2D eigenvalue weighted by Gasteiger charge is 2.37. The molecule has 1 amide bonds. The Morgan fingerprint density at radius 2 is 2.10 bits per heavy atom. The summed E-state index contributed by atoms with van der Waals surface area (Å²) >= 11 is 0. The third-order valence-corrected chi connectivity index (χ3v) is 4.50. The molecule has 1 saturated carbocycles. The first-order chi connectivity index (χ1) is 9.90. The Morgan fingerprint density at radius 1 is 1.43 bits per heavy atom. The maximum atomic E-state index is 12.3. The highest BCUT2D eigenvalue weighted by molar-refractivity contribution is 5.80. The van der Waals surface area contributed by atoms with Gasteiger partial charge in [-0.1, -0.05) is 37.1 Å². The van der Waals surface area contributed by atoms with Crippen LogP contribution < -0.4 is 11.1 Å². The number of benzene rings is 1. The van der Waals surface area contributed by atoms with Crippen molar-refractivity contribution in [3.05, 3.63) is 35.4 Å². The maximum absolute atomic E-state index is 12.3. The fraction of sp³-hybridized carbons (Fsp3) is 0.588. The van der Waals surface area contributed by atoms with E-state index in [1.165, 1.54) is 0 Å². The van der Waals surface area contributed by atoms with Gasteiger partial charge >= 0.3 is 0 Å². The molecule has 0 saturated heterocycles. The van der Waals surface area contributed by atoms with Crippen molar-refractivity contribution in [3.8, 4) is 0 Å². The van der Waals surface area contributed by atoms with Gasteiger partial charge in [-0.15, -0.1) is 0 Å². The molecule has 1 aromatic rings. The molecule has 0 heterocycles. The Bertz CT molecular complexity index is 480. The van der Waals surface area contributed by atoms with Crippen molar-refractivity contribution in [1.29, 1.82) is 0 Å². The topological polar surface area (TPSA) is 75.3 Å². The van der Waals surface area contributed by atoms with Crippen LogP contribution in [-0.2, 0) is 11.3 Å². The molecule has 21 heavy (non-hydrogen) atoms. The lowest BCUT2D eigenvalue weighted by Crippen LogP contribution is -2.52. The number of amides is 1. The molecule has 1 aromatic carbocycles. The number of carbonyl (C=O) groups is 1. The summed E-state index contributed by atoms with van der Waals surface area (Å²) in [6, 6.07) is 7.65. The largest absolute Gasteiger partial charge is 0.389 e. The monoisotopic (exact) mass is 290 g/mol. The molecule has 0 bridgehead atoms. The SMILES string of the molecule is CC(O)c1ccc(CNC(=O)C2CCCCC2(C)N)cc1. The lowest BCUT2D eigenvalue weighted by molar-refractivity contribution is -0.128. The number of hydrogen-bond acceptors (Lipinski definition) is 3. The van der Waals surface area contributed by atoms with Crippen LogP contribution in [0.4, 0.5) is 0 Å². The second-order valence-electron chi connectivity index (χ2n) is 6.44. The van der Waals surface area contributed by atoms with Crippen molar-refractivity contribution >= 4 is 5.91 Å². The average Bonchev–Trinajstić information content (AvgIpc) is 2.44. The third-order valence-electron chi connectivity index (χ3n) is 4.50. The van der Waals surface area contributed by atoms with E-state index in [0.29, 0.717) is 6.54 Å². The summed E-state index contributed by atoms with van der Waals surface area (Å²) in [4.78, 5) is 12.3. The maximum Gasteiger partial charge on any atom is 0.225 e. The molecule has 0 aliphatic heterocycles. The van der Waals surface area contributed by atoms with Crippen LogP contribution in [0.15, 0.2) is 24.3 Å². The van der Waals surface area contributed by atoms with Crippen molar-refractivity contribution < 1.29 is 9.90 Å². The van der Waals surface area contributed by atoms with Gasteiger partial charge in [0, 0.05) is 12.1 Å². The molecule has 0 radical (unpaired) electrons. The first-order valence-corrected chi connectivity index (χ1v) is 7.73. The number of carbonyl (C=O) groups excluding carboxylic acids is 1. The lowest BCUT2D eigenvalue weighted by atomic mass is 9.74. The van der Waals surface area contributed by atoms with Crippen LogP contribution >= 0.6 is 0 Å². The standard InChI is InChI=1S/C17H26N2O2/c1-12(20)14-8-6-13(7-9-14)11-19-16(21)15-5-3-4-10-17(15,2)18/h6-9,12,15,20H,3-5,10-11,18H2,1-2H3,(H,19,21). The van der Waals surface area contributed by atoms with Crippen LogP contribution in [0.2, 0.25) is 0 Å². The fourth-order valence-corrected chi connectivity index (χ4v) is 3.02. The second kappa shape index (κ2) is 6.58. The Morgan fingerprint density at radius 3 is 2.67 bits per heavy atom. The number of rotatable bonds is 4. The Hall–Kier alpha value is -1.39. The minimum atomic E-state index is -0.464. The van der Waals surface area contributed by atoms with E-state index >= 15 is 0 Å². The van der Waals surface area contributed by atoms with Crippen LogP contribution in [0.1, 0.15) is 56.8 Å². The van der Waals surface area contributed by atoms with E-state index < -0.39 is 11.6 Å². The van der Waals surface area contributed by atoms with E-state index in [-0.39, 0.29) is 11.8 Å². The molecule has 3 atom stereocenters. The van der Waals surface area contributed by atoms with Crippen molar-refractivity contribution in [2.45, 2.75) is 57.7 Å². The quantitative estimate of drug-likeness (QED) is 0.796. The zero-order valence-corrected chi connectivity index (χ0v) is 12.9. The van der Waals surface area contributed by atoms with Crippen molar-refractivity contribution in [3.63, 3.8) is 0 Å². The van der Waals surface area contributed by atoms with Crippen LogP contribution in [0.3, 0.4) is 0 Å². The minimum absolute atomic E-state index is 0.0549. The molecular formula is C17H26N2O2. The summed E-state index contributed by atoms with van der Waals surface area (Å²) < 4.78 is 0. The number of aliphatic hydroxyl groups is 1. The van der Waals surface area contributed by atoms with Crippen LogP contribution in [0.5, 0.6) is 0 Å². The number of nitrogens with one attached hydrogen (secondary N) is 1. The number of nitrogens with two attached hydrogens (primary N) is 1. The van der Waals surface area contributed by atoms with E-state index in [1.807, 2.05) is 31.2 Å². The average molecular weight is 290 g/mol. The van der Waals surface area contributed by atoms with Gasteiger partial charge in [-0.2, -0.15) is 0 Å². The Balaban J connectivity index is 1.91. The van der Waals surface area contributed by atoms with Gasteiger partial charge in [-0.05, 0) is 37.8 Å². The van der Waals surface area contributed by atoms with E-state index in [2.05, 4.69) is 5.32 Å². The normalized spacial score (nSPS) is 27.1. The highest BCUT2D eigenvalue weighted by atomic mass is 16.3. The Labute approximate surface area is 126 Å². The highest BCUT2D eigenvalue weighted by Crippen LogP contribution is 2.31. The lowest BCUT2D eigenvalue weighted by Gasteiger charge is -2.37. The van der Waals surface area contributed by atoms with E-state index in [4.69, 9.17) is 5.73 Å². The minimum Gasteiger partial charge on any atom is -0.389 e. The molecule has 4 heteroatoms. The number of aliphatic hydroxyl groups excluding tert-OH is 1. The van der Waals surface area contributed by atoms with E-state index in [9.17, 15) is 9.90 Å². The molecule has 4 N–H and O–H groups in total. The molecular weight excluding hydrogens is 264 g/mol. The van der Waals surface area contributed by atoms with Crippen LogP contribution in [-0.4, -0.2) is 16.6 Å².